The molecule has 0 fully saturated rings. The topological polar surface area (TPSA) is 26.0 Å². The first-order valence-electron chi connectivity index (χ1n) is 8.23. The third kappa shape index (κ3) is 4.10. The molecule has 0 saturated heterocycles. The third-order valence-corrected chi connectivity index (χ3v) is 4.05. The van der Waals surface area contributed by atoms with Crippen molar-refractivity contribution in [1.82, 2.24) is 0 Å². The summed E-state index contributed by atoms with van der Waals surface area (Å²) >= 11 is 0. The average Bonchev–Trinajstić information content (AvgIpc) is 2.52. The largest absolute Gasteiger partial charge is 0.398 e. The average molecular weight is 281 g/mol. The molecule has 0 saturated carbocycles. The van der Waals surface area contributed by atoms with E-state index in [0.29, 0.717) is 0 Å². The van der Waals surface area contributed by atoms with Gasteiger partial charge in [-0.1, -0.05) is 69.2 Å². The Kier molecular flexibility index (Phi) is 5.86. The van der Waals surface area contributed by atoms with Crippen LogP contribution in [0.15, 0.2) is 42.5 Å². The maximum absolute atomic E-state index is 6.41. The standard InChI is InChI=1S/C20H27N/c1-3-5-9-16-10-7-13-18(15-16)19-14-8-12-17(20(19)21)11-6-4-2/h7-8,10,12-15H,3-6,9,11,21H2,1-2H3. The van der Waals surface area contributed by atoms with Gasteiger partial charge >= 0.3 is 0 Å². The van der Waals surface area contributed by atoms with Gasteiger partial charge < -0.3 is 5.73 Å². The monoisotopic (exact) mass is 281 g/mol. The molecule has 0 amide bonds. The number of nitrogen functional groups attached to an aromatic ring is 1. The first-order chi connectivity index (χ1) is 10.3. The zero-order chi connectivity index (χ0) is 15.1. The molecule has 2 aromatic rings. The fourth-order valence-corrected chi connectivity index (χ4v) is 2.73. The van der Waals surface area contributed by atoms with Crippen molar-refractivity contribution >= 4 is 5.69 Å². The summed E-state index contributed by atoms with van der Waals surface area (Å²) in [6.07, 6.45) is 7.11. The number of benzene rings is 2. The summed E-state index contributed by atoms with van der Waals surface area (Å²) in [4.78, 5) is 0. The van der Waals surface area contributed by atoms with Gasteiger partial charge in [0.15, 0.2) is 0 Å². The van der Waals surface area contributed by atoms with Gasteiger partial charge in [-0.15, -0.1) is 0 Å². The molecule has 0 bridgehead atoms. The molecule has 2 rings (SSSR count). The van der Waals surface area contributed by atoms with Crippen molar-refractivity contribution in [1.29, 1.82) is 0 Å². The van der Waals surface area contributed by atoms with Gasteiger partial charge in [-0.05, 0) is 42.4 Å². The molecule has 21 heavy (non-hydrogen) atoms. The second-order valence-electron chi connectivity index (χ2n) is 5.79. The lowest BCUT2D eigenvalue weighted by Gasteiger charge is -2.12. The first-order valence-corrected chi connectivity index (χ1v) is 8.23. The fourth-order valence-electron chi connectivity index (χ4n) is 2.73. The Hall–Kier alpha value is -1.76. The lowest BCUT2D eigenvalue weighted by Crippen LogP contribution is -1.98. The van der Waals surface area contributed by atoms with Crippen LogP contribution in [0.1, 0.15) is 50.7 Å². The van der Waals surface area contributed by atoms with Crippen molar-refractivity contribution in [2.75, 3.05) is 5.73 Å². The number of aryl methyl sites for hydroxylation is 2. The van der Waals surface area contributed by atoms with Crippen molar-refractivity contribution in [2.45, 2.75) is 52.4 Å². The second kappa shape index (κ2) is 7.87. The number of rotatable bonds is 7. The zero-order valence-electron chi connectivity index (χ0n) is 13.4. The first kappa shape index (κ1) is 15.6. The van der Waals surface area contributed by atoms with E-state index >= 15 is 0 Å². The summed E-state index contributed by atoms with van der Waals surface area (Å²) in [7, 11) is 0. The highest BCUT2D eigenvalue weighted by atomic mass is 14.6. The van der Waals surface area contributed by atoms with Crippen molar-refractivity contribution in [2.24, 2.45) is 0 Å². The molecule has 1 heteroatoms. The van der Waals surface area contributed by atoms with Crippen LogP contribution in [-0.2, 0) is 12.8 Å². The zero-order valence-corrected chi connectivity index (χ0v) is 13.4. The third-order valence-electron chi connectivity index (χ3n) is 4.05. The Morgan fingerprint density at radius 3 is 2.33 bits per heavy atom. The molecule has 0 aliphatic heterocycles. The van der Waals surface area contributed by atoms with Crippen LogP contribution in [0.25, 0.3) is 11.1 Å². The number of anilines is 1. The number of hydrogen-bond donors (Lipinski definition) is 1. The van der Waals surface area contributed by atoms with Crippen LogP contribution in [-0.4, -0.2) is 0 Å². The Bertz CT molecular complexity index is 572. The summed E-state index contributed by atoms with van der Waals surface area (Å²) < 4.78 is 0. The Balaban J connectivity index is 2.28. The molecule has 0 aromatic heterocycles. The molecule has 0 atom stereocenters. The van der Waals surface area contributed by atoms with Gasteiger partial charge in [0.25, 0.3) is 0 Å². The van der Waals surface area contributed by atoms with Crippen molar-refractivity contribution in [3.63, 3.8) is 0 Å². The van der Waals surface area contributed by atoms with Crippen LogP contribution in [0.5, 0.6) is 0 Å². The molecule has 112 valence electrons. The van der Waals surface area contributed by atoms with E-state index in [9.17, 15) is 0 Å². The maximum Gasteiger partial charge on any atom is 0.0426 e. The maximum atomic E-state index is 6.41. The van der Waals surface area contributed by atoms with E-state index in [4.69, 9.17) is 5.73 Å². The van der Waals surface area contributed by atoms with Gasteiger partial charge in [0.05, 0.1) is 0 Å². The van der Waals surface area contributed by atoms with Gasteiger partial charge in [-0.3, -0.25) is 0 Å². The minimum Gasteiger partial charge on any atom is -0.398 e. The Morgan fingerprint density at radius 1 is 0.857 bits per heavy atom. The summed E-state index contributed by atoms with van der Waals surface area (Å²) in [5.41, 5.74) is 12.5. The Labute approximate surface area is 129 Å². The normalized spacial score (nSPS) is 10.8. The van der Waals surface area contributed by atoms with E-state index in [-0.39, 0.29) is 0 Å². The SMILES string of the molecule is CCCCc1cccc(-c2cccc(CCCC)c2N)c1. The number of para-hydroxylation sites is 1. The second-order valence-corrected chi connectivity index (χ2v) is 5.79. The molecule has 2 aromatic carbocycles. The summed E-state index contributed by atoms with van der Waals surface area (Å²) in [6, 6.07) is 15.3. The predicted octanol–water partition coefficient (Wildman–Crippen LogP) is 5.62. The van der Waals surface area contributed by atoms with E-state index in [1.807, 2.05) is 0 Å². The summed E-state index contributed by atoms with van der Waals surface area (Å²) in [5.74, 6) is 0. The van der Waals surface area contributed by atoms with E-state index in [0.717, 1.165) is 18.5 Å². The highest BCUT2D eigenvalue weighted by Gasteiger charge is 2.07. The molecule has 0 aliphatic rings. The van der Waals surface area contributed by atoms with Crippen LogP contribution >= 0.6 is 0 Å². The molecular formula is C20H27N. The molecule has 0 heterocycles. The summed E-state index contributed by atoms with van der Waals surface area (Å²) in [6.45, 7) is 4.45. The van der Waals surface area contributed by atoms with Crippen molar-refractivity contribution < 1.29 is 0 Å². The minimum atomic E-state index is 0.957. The highest BCUT2D eigenvalue weighted by molar-refractivity contribution is 5.78. The highest BCUT2D eigenvalue weighted by Crippen LogP contribution is 2.30. The number of unbranched alkanes of at least 4 members (excludes halogenated alkanes) is 2. The van der Waals surface area contributed by atoms with E-state index in [2.05, 4.69) is 56.3 Å². The molecule has 0 radical (unpaired) electrons. The van der Waals surface area contributed by atoms with Crippen LogP contribution in [0.2, 0.25) is 0 Å². The van der Waals surface area contributed by atoms with Gasteiger partial charge in [-0.2, -0.15) is 0 Å². The van der Waals surface area contributed by atoms with Crippen molar-refractivity contribution in [3.05, 3.63) is 53.6 Å². The molecule has 1 nitrogen and oxygen atoms in total. The molecule has 0 aliphatic carbocycles. The molecule has 0 unspecified atom stereocenters. The van der Waals surface area contributed by atoms with Gasteiger partial charge in [-0.25, -0.2) is 0 Å². The smallest absolute Gasteiger partial charge is 0.0426 e. The molecule has 2 N–H and O–H groups in total. The van der Waals surface area contributed by atoms with E-state index < -0.39 is 0 Å². The number of hydrogen-bond acceptors (Lipinski definition) is 1. The van der Waals surface area contributed by atoms with Gasteiger partial charge in [0.1, 0.15) is 0 Å². The van der Waals surface area contributed by atoms with Crippen LogP contribution in [0, 0.1) is 0 Å². The van der Waals surface area contributed by atoms with E-state index in [1.54, 1.807) is 0 Å². The molecule has 0 spiro atoms. The van der Waals surface area contributed by atoms with Crippen LogP contribution in [0.3, 0.4) is 0 Å². The van der Waals surface area contributed by atoms with Crippen molar-refractivity contribution in [3.8, 4) is 11.1 Å². The fraction of sp³-hybridized carbons (Fsp3) is 0.400. The lowest BCUT2D eigenvalue weighted by atomic mass is 9.95. The molecular weight excluding hydrogens is 254 g/mol. The summed E-state index contributed by atoms with van der Waals surface area (Å²) in [5, 5.41) is 0. The predicted molar refractivity (Wildman–Crippen MR) is 93.5 cm³/mol. The minimum absolute atomic E-state index is 0.957. The van der Waals surface area contributed by atoms with E-state index in [1.165, 1.54) is 47.9 Å². The van der Waals surface area contributed by atoms with Crippen LogP contribution in [0.4, 0.5) is 5.69 Å². The van der Waals surface area contributed by atoms with Gasteiger partial charge in [0, 0.05) is 11.3 Å². The van der Waals surface area contributed by atoms with Gasteiger partial charge in [0.2, 0.25) is 0 Å². The quantitative estimate of drug-likeness (QED) is 0.655. The number of nitrogens with two attached hydrogens (primary N) is 1. The van der Waals surface area contributed by atoms with Crippen LogP contribution < -0.4 is 5.73 Å². The Morgan fingerprint density at radius 2 is 1.57 bits per heavy atom. The lowest BCUT2D eigenvalue weighted by molar-refractivity contribution is 0.795.